The molecule has 0 aliphatic carbocycles. The van der Waals surface area contributed by atoms with Crippen LogP contribution in [0.3, 0.4) is 0 Å². The Morgan fingerprint density at radius 2 is 2.15 bits per heavy atom. The van der Waals surface area contributed by atoms with Crippen molar-refractivity contribution < 1.29 is 17.9 Å². The SMILES string of the molecule is CC(C)C1OCCCC1CNc1nnc(C(F)(F)F)s1. The van der Waals surface area contributed by atoms with Gasteiger partial charge in [-0.1, -0.05) is 25.2 Å². The van der Waals surface area contributed by atoms with Crippen LogP contribution in [-0.2, 0) is 10.9 Å². The molecule has 2 rings (SSSR count). The van der Waals surface area contributed by atoms with Crippen LogP contribution in [0.4, 0.5) is 18.3 Å². The summed E-state index contributed by atoms with van der Waals surface area (Å²) >= 11 is 0.539. The highest BCUT2D eigenvalue weighted by Gasteiger charge is 2.36. The molecule has 1 aromatic rings. The van der Waals surface area contributed by atoms with Crippen LogP contribution in [0, 0.1) is 11.8 Å². The molecule has 114 valence electrons. The van der Waals surface area contributed by atoms with Gasteiger partial charge in [0.25, 0.3) is 0 Å². The standard InChI is InChI=1S/C12H18F3N3OS/c1-7(2)9-8(4-3-5-19-9)6-16-11-18-17-10(20-11)12(13,14)15/h7-9H,3-6H2,1-2H3,(H,16,18). The lowest BCUT2D eigenvalue weighted by Crippen LogP contribution is -2.37. The van der Waals surface area contributed by atoms with Crippen molar-refractivity contribution in [3.05, 3.63) is 5.01 Å². The van der Waals surface area contributed by atoms with Gasteiger partial charge in [0.15, 0.2) is 0 Å². The molecule has 0 amide bonds. The van der Waals surface area contributed by atoms with E-state index in [1.165, 1.54) is 0 Å². The zero-order valence-electron chi connectivity index (χ0n) is 11.4. The van der Waals surface area contributed by atoms with Crippen LogP contribution in [0.25, 0.3) is 0 Å². The summed E-state index contributed by atoms with van der Waals surface area (Å²) in [5.74, 6) is 0.684. The maximum absolute atomic E-state index is 12.4. The maximum atomic E-state index is 12.4. The second-order valence-corrected chi connectivity index (χ2v) is 6.25. The van der Waals surface area contributed by atoms with Gasteiger partial charge in [0.2, 0.25) is 10.1 Å². The number of alkyl halides is 3. The van der Waals surface area contributed by atoms with Crippen molar-refractivity contribution in [3.8, 4) is 0 Å². The van der Waals surface area contributed by atoms with Crippen molar-refractivity contribution in [3.63, 3.8) is 0 Å². The molecule has 0 radical (unpaired) electrons. The maximum Gasteiger partial charge on any atom is 0.445 e. The van der Waals surface area contributed by atoms with Crippen LogP contribution in [0.1, 0.15) is 31.7 Å². The average Bonchev–Trinajstić information content (AvgIpc) is 2.85. The minimum absolute atomic E-state index is 0.145. The lowest BCUT2D eigenvalue weighted by Gasteiger charge is -2.34. The van der Waals surface area contributed by atoms with Crippen molar-refractivity contribution in [2.75, 3.05) is 18.5 Å². The molecule has 1 fully saturated rings. The zero-order valence-corrected chi connectivity index (χ0v) is 12.2. The minimum atomic E-state index is -4.42. The molecular weight excluding hydrogens is 291 g/mol. The van der Waals surface area contributed by atoms with Gasteiger partial charge in [-0.25, -0.2) is 0 Å². The Morgan fingerprint density at radius 1 is 1.40 bits per heavy atom. The highest BCUT2D eigenvalue weighted by atomic mass is 32.1. The number of halogens is 3. The Kier molecular flexibility index (Phi) is 4.85. The van der Waals surface area contributed by atoms with Crippen LogP contribution in [-0.4, -0.2) is 29.5 Å². The molecule has 20 heavy (non-hydrogen) atoms. The Labute approximate surface area is 119 Å². The Bertz CT molecular complexity index is 436. The first-order chi connectivity index (χ1) is 9.38. The predicted molar refractivity (Wildman–Crippen MR) is 70.7 cm³/mol. The largest absolute Gasteiger partial charge is 0.445 e. The molecule has 4 nitrogen and oxygen atoms in total. The predicted octanol–water partition coefficient (Wildman–Crippen LogP) is 3.42. The number of rotatable bonds is 4. The van der Waals surface area contributed by atoms with E-state index in [1.54, 1.807) is 0 Å². The topological polar surface area (TPSA) is 47.0 Å². The molecular formula is C12H18F3N3OS. The van der Waals surface area contributed by atoms with Crippen LogP contribution >= 0.6 is 11.3 Å². The molecule has 0 saturated carbocycles. The Morgan fingerprint density at radius 3 is 2.75 bits per heavy atom. The van der Waals surface area contributed by atoms with Crippen molar-refractivity contribution in [1.29, 1.82) is 0 Å². The summed E-state index contributed by atoms with van der Waals surface area (Å²) in [6, 6.07) is 0. The van der Waals surface area contributed by atoms with E-state index in [9.17, 15) is 13.2 Å². The second-order valence-electron chi connectivity index (χ2n) is 5.27. The fraction of sp³-hybridized carbons (Fsp3) is 0.833. The van der Waals surface area contributed by atoms with E-state index in [0.29, 0.717) is 29.7 Å². The van der Waals surface area contributed by atoms with E-state index in [4.69, 9.17) is 4.74 Å². The van der Waals surface area contributed by atoms with E-state index < -0.39 is 11.2 Å². The summed E-state index contributed by atoms with van der Waals surface area (Å²) in [5, 5.41) is 8.94. The molecule has 2 atom stereocenters. The average molecular weight is 309 g/mol. The van der Waals surface area contributed by atoms with Gasteiger partial charge in [0, 0.05) is 19.1 Å². The van der Waals surface area contributed by atoms with Gasteiger partial charge in [0.1, 0.15) is 0 Å². The van der Waals surface area contributed by atoms with Crippen LogP contribution < -0.4 is 5.32 Å². The summed E-state index contributed by atoms with van der Waals surface area (Å²) in [7, 11) is 0. The summed E-state index contributed by atoms with van der Waals surface area (Å²) in [6.45, 7) is 5.51. The fourth-order valence-corrected chi connectivity index (χ4v) is 3.07. The quantitative estimate of drug-likeness (QED) is 0.926. The van der Waals surface area contributed by atoms with E-state index in [-0.39, 0.29) is 11.2 Å². The number of hydrogen-bond acceptors (Lipinski definition) is 5. The van der Waals surface area contributed by atoms with E-state index >= 15 is 0 Å². The van der Waals surface area contributed by atoms with Crippen molar-refractivity contribution in [1.82, 2.24) is 10.2 Å². The van der Waals surface area contributed by atoms with Gasteiger partial charge >= 0.3 is 6.18 Å². The van der Waals surface area contributed by atoms with Crippen molar-refractivity contribution in [2.45, 2.75) is 39.0 Å². The van der Waals surface area contributed by atoms with Gasteiger partial charge < -0.3 is 10.1 Å². The molecule has 1 aliphatic heterocycles. The number of nitrogens with one attached hydrogen (secondary N) is 1. The number of aromatic nitrogens is 2. The number of ether oxygens (including phenoxy) is 1. The molecule has 1 aliphatic rings. The smallest absolute Gasteiger partial charge is 0.378 e. The minimum Gasteiger partial charge on any atom is -0.378 e. The zero-order chi connectivity index (χ0) is 14.8. The molecule has 1 N–H and O–H groups in total. The van der Waals surface area contributed by atoms with E-state index in [1.807, 2.05) is 0 Å². The number of hydrogen-bond donors (Lipinski definition) is 1. The molecule has 2 unspecified atom stereocenters. The second kappa shape index (κ2) is 6.26. The third kappa shape index (κ3) is 3.82. The van der Waals surface area contributed by atoms with Gasteiger partial charge in [-0.2, -0.15) is 13.2 Å². The lowest BCUT2D eigenvalue weighted by molar-refractivity contribution is -0.138. The summed E-state index contributed by atoms with van der Waals surface area (Å²) < 4.78 is 43.0. The normalized spacial score (nSPS) is 24.1. The van der Waals surface area contributed by atoms with E-state index in [2.05, 4.69) is 29.4 Å². The summed E-state index contributed by atoms with van der Waals surface area (Å²) in [6.07, 6.45) is -2.28. The monoisotopic (exact) mass is 309 g/mol. The van der Waals surface area contributed by atoms with E-state index in [0.717, 1.165) is 19.4 Å². The van der Waals surface area contributed by atoms with Gasteiger partial charge in [-0.05, 0) is 18.8 Å². The summed E-state index contributed by atoms with van der Waals surface area (Å²) in [4.78, 5) is 0. The molecule has 2 heterocycles. The first-order valence-electron chi connectivity index (χ1n) is 6.64. The Hall–Kier alpha value is -0.890. The van der Waals surface area contributed by atoms with Crippen molar-refractivity contribution >= 4 is 16.5 Å². The first kappa shape index (κ1) is 15.5. The first-order valence-corrected chi connectivity index (χ1v) is 7.45. The Balaban J connectivity index is 1.92. The van der Waals surface area contributed by atoms with Gasteiger partial charge in [0.05, 0.1) is 6.10 Å². The third-order valence-electron chi connectivity index (χ3n) is 3.33. The summed E-state index contributed by atoms with van der Waals surface area (Å²) in [5.41, 5.74) is 0. The molecule has 0 aromatic carbocycles. The van der Waals surface area contributed by atoms with Crippen molar-refractivity contribution in [2.24, 2.45) is 11.8 Å². The number of anilines is 1. The number of nitrogens with zero attached hydrogens (tertiary/aromatic N) is 2. The van der Waals surface area contributed by atoms with Gasteiger partial charge in [-0.15, -0.1) is 10.2 Å². The molecule has 0 spiro atoms. The molecule has 8 heteroatoms. The van der Waals surface area contributed by atoms with Gasteiger partial charge in [-0.3, -0.25) is 0 Å². The van der Waals surface area contributed by atoms with Crippen LogP contribution in [0.5, 0.6) is 0 Å². The lowest BCUT2D eigenvalue weighted by atomic mass is 9.87. The third-order valence-corrected chi connectivity index (χ3v) is 4.26. The molecule has 0 bridgehead atoms. The highest BCUT2D eigenvalue weighted by Crippen LogP contribution is 2.33. The highest BCUT2D eigenvalue weighted by molar-refractivity contribution is 7.15. The van der Waals surface area contributed by atoms with Crippen LogP contribution in [0.2, 0.25) is 0 Å². The fourth-order valence-electron chi connectivity index (χ4n) is 2.45. The van der Waals surface area contributed by atoms with Crippen LogP contribution in [0.15, 0.2) is 0 Å². The molecule has 1 aromatic heterocycles. The molecule has 1 saturated heterocycles.